The Morgan fingerprint density at radius 3 is 2.32 bits per heavy atom. The Labute approximate surface area is 123 Å². The summed E-state index contributed by atoms with van der Waals surface area (Å²) < 4.78 is 50.6. The third-order valence-corrected chi connectivity index (χ3v) is 3.31. The lowest BCUT2D eigenvalue weighted by Crippen LogP contribution is -2.04. The number of benzene rings is 2. The summed E-state index contributed by atoms with van der Waals surface area (Å²) in [6, 6.07) is 8.34. The molecule has 112 valence electrons. The van der Waals surface area contributed by atoms with Crippen LogP contribution in [0.3, 0.4) is 0 Å². The molecule has 6 heteroatoms. The largest absolute Gasteiger partial charge is 0.416 e. The van der Waals surface area contributed by atoms with Crippen molar-refractivity contribution >= 4 is 23.2 Å². The van der Waals surface area contributed by atoms with E-state index in [1.807, 2.05) is 0 Å². The number of carbonyl (C=O) groups is 1. The number of hydrogen-bond acceptors (Lipinski definition) is 1. The fourth-order valence-electron chi connectivity index (χ4n) is 2.25. The van der Waals surface area contributed by atoms with E-state index < -0.39 is 23.5 Å². The molecule has 2 nitrogen and oxygen atoms in total. The van der Waals surface area contributed by atoms with Gasteiger partial charge in [-0.15, -0.1) is 0 Å². The molecule has 1 heterocycles. The van der Waals surface area contributed by atoms with Crippen LogP contribution in [0.4, 0.5) is 23.2 Å². The van der Waals surface area contributed by atoms with E-state index in [9.17, 15) is 22.4 Å². The van der Waals surface area contributed by atoms with Crippen molar-refractivity contribution in [3.05, 3.63) is 65.0 Å². The van der Waals surface area contributed by atoms with E-state index in [0.29, 0.717) is 16.8 Å². The molecule has 0 aliphatic carbocycles. The summed E-state index contributed by atoms with van der Waals surface area (Å²) >= 11 is 0. The predicted octanol–water partition coefficient (Wildman–Crippen LogP) is 4.34. The van der Waals surface area contributed by atoms with Gasteiger partial charge in [-0.25, -0.2) is 4.39 Å². The molecule has 1 aliphatic heterocycles. The number of carbonyl (C=O) groups excluding carboxylic acids is 1. The van der Waals surface area contributed by atoms with Crippen molar-refractivity contribution in [1.29, 1.82) is 0 Å². The van der Waals surface area contributed by atoms with E-state index >= 15 is 0 Å². The number of hydrogen-bond donors (Lipinski definition) is 1. The molecule has 1 N–H and O–H groups in total. The minimum absolute atomic E-state index is 0.287. The summed E-state index contributed by atoms with van der Waals surface area (Å²) in [5.74, 6) is -0.893. The number of halogens is 4. The van der Waals surface area contributed by atoms with Crippen LogP contribution >= 0.6 is 0 Å². The van der Waals surface area contributed by atoms with Crippen LogP contribution in [-0.4, -0.2) is 5.91 Å². The first kappa shape index (κ1) is 14.3. The molecule has 0 aromatic heterocycles. The van der Waals surface area contributed by atoms with E-state index in [4.69, 9.17) is 0 Å². The SMILES string of the molecule is O=C1Nc2cc(F)ccc2C1=Cc1ccc(C(F)(F)F)cc1. The Morgan fingerprint density at radius 2 is 1.68 bits per heavy atom. The third kappa shape index (κ3) is 2.59. The number of nitrogens with one attached hydrogen (secondary N) is 1. The van der Waals surface area contributed by atoms with Crippen molar-refractivity contribution in [2.45, 2.75) is 6.18 Å². The van der Waals surface area contributed by atoms with Gasteiger partial charge in [-0.2, -0.15) is 13.2 Å². The Hall–Kier alpha value is -2.63. The van der Waals surface area contributed by atoms with E-state index in [-0.39, 0.29) is 5.57 Å². The van der Waals surface area contributed by atoms with Crippen LogP contribution in [0.5, 0.6) is 0 Å². The molecule has 0 fully saturated rings. The van der Waals surface area contributed by atoms with Gasteiger partial charge >= 0.3 is 6.18 Å². The highest BCUT2D eigenvalue weighted by Gasteiger charge is 2.30. The maximum absolute atomic E-state index is 13.1. The molecule has 0 atom stereocenters. The normalized spacial score (nSPS) is 15.8. The summed E-state index contributed by atoms with van der Waals surface area (Å²) in [5.41, 5.74) is 0.854. The maximum Gasteiger partial charge on any atom is 0.416 e. The average molecular weight is 307 g/mol. The molecular formula is C16H9F4NO. The smallest absolute Gasteiger partial charge is 0.321 e. The lowest BCUT2D eigenvalue weighted by Gasteiger charge is -2.06. The van der Waals surface area contributed by atoms with Gasteiger partial charge in [-0.3, -0.25) is 4.79 Å². The average Bonchev–Trinajstić information content (AvgIpc) is 2.74. The Kier molecular flexibility index (Phi) is 3.24. The molecule has 1 amide bonds. The highest BCUT2D eigenvalue weighted by molar-refractivity contribution is 6.34. The third-order valence-electron chi connectivity index (χ3n) is 3.31. The zero-order chi connectivity index (χ0) is 15.9. The monoisotopic (exact) mass is 307 g/mol. The van der Waals surface area contributed by atoms with E-state index in [1.165, 1.54) is 36.4 Å². The summed E-state index contributed by atoms with van der Waals surface area (Å²) in [7, 11) is 0. The van der Waals surface area contributed by atoms with Crippen molar-refractivity contribution in [2.75, 3.05) is 5.32 Å². The van der Waals surface area contributed by atoms with Gasteiger partial charge in [-0.1, -0.05) is 12.1 Å². The van der Waals surface area contributed by atoms with Crippen LogP contribution in [0.15, 0.2) is 42.5 Å². The Bertz CT molecular complexity index is 776. The first-order chi connectivity index (χ1) is 10.3. The van der Waals surface area contributed by atoms with Crippen LogP contribution in [0.25, 0.3) is 11.6 Å². The standard InChI is InChI=1S/C16H9F4NO/c17-11-5-6-12-13(15(22)21-14(12)8-11)7-9-1-3-10(4-2-9)16(18,19)20/h1-8H,(H,21,22). The molecule has 0 spiro atoms. The first-order valence-electron chi connectivity index (χ1n) is 6.35. The molecule has 0 saturated heterocycles. The Morgan fingerprint density at radius 1 is 1.00 bits per heavy atom. The van der Waals surface area contributed by atoms with Crippen molar-refractivity contribution in [3.63, 3.8) is 0 Å². The van der Waals surface area contributed by atoms with Crippen LogP contribution in [0, 0.1) is 5.82 Å². The van der Waals surface area contributed by atoms with Gasteiger partial charge < -0.3 is 5.32 Å². The van der Waals surface area contributed by atoms with Crippen molar-refractivity contribution in [1.82, 2.24) is 0 Å². The lowest BCUT2D eigenvalue weighted by atomic mass is 10.0. The summed E-state index contributed by atoms with van der Waals surface area (Å²) in [6.45, 7) is 0. The van der Waals surface area contributed by atoms with Crippen LogP contribution in [0.2, 0.25) is 0 Å². The first-order valence-corrected chi connectivity index (χ1v) is 6.35. The molecule has 1 aliphatic rings. The quantitative estimate of drug-likeness (QED) is 0.616. The molecule has 0 saturated carbocycles. The zero-order valence-corrected chi connectivity index (χ0v) is 11.0. The number of amides is 1. The molecule has 3 rings (SSSR count). The molecule has 2 aromatic rings. The van der Waals surface area contributed by atoms with Crippen molar-refractivity contribution in [3.8, 4) is 0 Å². The van der Waals surface area contributed by atoms with Crippen LogP contribution in [0.1, 0.15) is 16.7 Å². The zero-order valence-electron chi connectivity index (χ0n) is 11.0. The van der Waals surface area contributed by atoms with Gasteiger partial charge in [0.1, 0.15) is 5.82 Å². The minimum atomic E-state index is -4.40. The number of alkyl halides is 3. The van der Waals surface area contributed by atoms with Gasteiger partial charge in [0.15, 0.2) is 0 Å². The second-order valence-electron chi connectivity index (χ2n) is 4.82. The highest BCUT2D eigenvalue weighted by Crippen LogP contribution is 2.34. The fourth-order valence-corrected chi connectivity index (χ4v) is 2.25. The summed E-state index contributed by atoms with van der Waals surface area (Å²) in [6.07, 6.45) is -2.93. The van der Waals surface area contributed by atoms with Crippen LogP contribution in [-0.2, 0) is 11.0 Å². The molecule has 22 heavy (non-hydrogen) atoms. The second-order valence-corrected chi connectivity index (χ2v) is 4.82. The van der Waals surface area contributed by atoms with Gasteiger partial charge in [0, 0.05) is 11.1 Å². The van der Waals surface area contributed by atoms with E-state index in [1.54, 1.807) is 0 Å². The van der Waals surface area contributed by atoms with Crippen molar-refractivity contribution in [2.24, 2.45) is 0 Å². The maximum atomic E-state index is 13.1. The molecule has 0 unspecified atom stereocenters. The van der Waals surface area contributed by atoms with E-state index in [2.05, 4.69) is 5.32 Å². The summed E-state index contributed by atoms with van der Waals surface area (Å²) in [5, 5.41) is 2.52. The highest BCUT2D eigenvalue weighted by atomic mass is 19.4. The Balaban J connectivity index is 1.98. The van der Waals surface area contributed by atoms with Gasteiger partial charge in [-0.05, 0) is 42.0 Å². The molecular weight excluding hydrogens is 298 g/mol. The van der Waals surface area contributed by atoms with Crippen molar-refractivity contribution < 1.29 is 22.4 Å². The number of anilines is 1. The van der Waals surface area contributed by atoms with Gasteiger partial charge in [0.05, 0.1) is 11.3 Å². The molecule has 2 aromatic carbocycles. The molecule has 0 bridgehead atoms. The van der Waals surface area contributed by atoms with Gasteiger partial charge in [0.2, 0.25) is 0 Å². The lowest BCUT2D eigenvalue weighted by molar-refractivity contribution is -0.137. The predicted molar refractivity (Wildman–Crippen MR) is 74.3 cm³/mol. The minimum Gasteiger partial charge on any atom is -0.321 e. The number of rotatable bonds is 1. The number of fused-ring (bicyclic) bond motifs is 1. The van der Waals surface area contributed by atoms with Crippen LogP contribution < -0.4 is 5.32 Å². The van der Waals surface area contributed by atoms with E-state index in [0.717, 1.165) is 12.1 Å². The van der Waals surface area contributed by atoms with Gasteiger partial charge in [0.25, 0.3) is 5.91 Å². The topological polar surface area (TPSA) is 29.1 Å². The fraction of sp³-hybridized carbons (Fsp3) is 0.0625. The second kappa shape index (κ2) is 4.98. The summed E-state index contributed by atoms with van der Waals surface area (Å²) in [4.78, 5) is 11.9. The molecule has 0 radical (unpaired) electrons.